The fraction of sp³-hybridized carbons (Fsp3) is 0.417. The Morgan fingerprint density at radius 2 is 2.38 bits per heavy atom. The maximum atomic E-state index is 11.0. The second-order valence-corrected chi connectivity index (χ2v) is 5.11. The lowest BCUT2D eigenvalue weighted by molar-refractivity contribution is -0.138. The minimum atomic E-state index is -0.755. The summed E-state index contributed by atoms with van der Waals surface area (Å²) < 4.78 is 0.989. The molecule has 0 spiro atoms. The summed E-state index contributed by atoms with van der Waals surface area (Å²) >= 11 is 3.42. The fourth-order valence-corrected chi connectivity index (χ4v) is 2.75. The number of halogens is 1. The normalized spacial score (nSPS) is 24.6. The fourth-order valence-electron chi connectivity index (χ4n) is 2.35. The van der Waals surface area contributed by atoms with Crippen LogP contribution in [0.3, 0.4) is 0 Å². The van der Waals surface area contributed by atoms with Gasteiger partial charge in [-0.15, -0.1) is 0 Å². The monoisotopic (exact) mass is 283 g/mol. The average molecular weight is 284 g/mol. The average Bonchev–Trinajstić information content (AvgIpc) is 2.66. The minimum absolute atomic E-state index is 0.142. The van der Waals surface area contributed by atoms with Crippen molar-refractivity contribution in [1.29, 1.82) is 0 Å². The third-order valence-electron chi connectivity index (χ3n) is 3.07. The van der Waals surface area contributed by atoms with E-state index in [1.165, 1.54) is 0 Å². The molecular formula is C12H14BrNO2. The van der Waals surface area contributed by atoms with Crippen LogP contribution in [0, 0.1) is 0 Å². The quantitative estimate of drug-likeness (QED) is 0.896. The van der Waals surface area contributed by atoms with Gasteiger partial charge in [0.25, 0.3) is 0 Å². The van der Waals surface area contributed by atoms with Crippen molar-refractivity contribution in [3.63, 3.8) is 0 Å². The van der Waals surface area contributed by atoms with Crippen molar-refractivity contribution in [1.82, 2.24) is 5.32 Å². The highest BCUT2D eigenvalue weighted by atomic mass is 79.9. The number of carboxylic acid groups (broad SMARTS) is 1. The van der Waals surface area contributed by atoms with Crippen molar-refractivity contribution in [3.05, 3.63) is 34.3 Å². The second kappa shape index (κ2) is 4.55. The van der Waals surface area contributed by atoms with E-state index in [0.717, 1.165) is 29.4 Å². The summed E-state index contributed by atoms with van der Waals surface area (Å²) in [5, 5.41) is 12.4. The molecule has 0 aliphatic carbocycles. The zero-order chi connectivity index (χ0) is 11.6. The van der Waals surface area contributed by atoms with Gasteiger partial charge in [0.15, 0.2) is 0 Å². The minimum Gasteiger partial charge on any atom is -0.481 e. The maximum absolute atomic E-state index is 11.0. The van der Waals surface area contributed by atoms with E-state index >= 15 is 0 Å². The van der Waals surface area contributed by atoms with Crippen molar-refractivity contribution in [2.24, 2.45) is 0 Å². The molecule has 1 saturated heterocycles. The Morgan fingerprint density at radius 1 is 1.56 bits per heavy atom. The summed E-state index contributed by atoms with van der Waals surface area (Å²) in [6, 6.07) is 7.89. The lowest BCUT2D eigenvalue weighted by Gasteiger charge is -2.28. The topological polar surface area (TPSA) is 49.3 Å². The third-order valence-corrected chi connectivity index (χ3v) is 3.57. The van der Waals surface area contributed by atoms with E-state index in [1.54, 1.807) is 0 Å². The van der Waals surface area contributed by atoms with E-state index in [0.29, 0.717) is 0 Å². The first-order chi connectivity index (χ1) is 7.62. The van der Waals surface area contributed by atoms with Crippen LogP contribution in [0.4, 0.5) is 0 Å². The van der Waals surface area contributed by atoms with Crippen molar-refractivity contribution < 1.29 is 9.90 Å². The van der Waals surface area contributed by atoms with Crippen LogP contribution in [-0.4, -0.2) is 17.6 Å². The van der Waals surface area contributed by atoms with Crippen molar-refractivity contribution in [2.45, 2.75) is 24.8 Å². The molecule has 0 amide bonds. The van der Waals surface area contributed by atoms with Gasteiger partial charge in [0.05, 0.1) is 12.0 Å². The Hall–Kier alpha value is -0.870. The lowest BCUT2D eigenvalue weighted by Crippen LogP contribution is -2.38. The van der Waals surface area contributed by atoms with Crippen LogP contribution in [0.5, 0.6) is 0 Å². The summed E-state index contributed by atoms with van der Waals surface area (Å²) in [5.41, 5.74) is 0.678. The van der Waals surface area contributed by atoms with Crippen LogP contribution in [0.2, 0.25) is 0 Å². The first-order valence-corrected chi connectivity index (χ1v) is 6.15. The van der Waals surface area contributed by atoms with Gasteiger partial charge in [0, 0.05) is 4.47 Å². The number of carbonyl (C=O) groups is 1. The number of benzene rings is 1. The van der Waals surface area contributed by atoms with Crippen molar-refractivity contribution in [2.75, 3.05) is 6.54 Å². The summed E-state index contributed by atoms with van der Waals surface area (Å²) in [5.74, 6) is -0.755. The molecule has 2 N–H and O–H groups in total. The molecule has 16 heavy (non-hydrogen) atoms. The predicted octanol–water partition coefficient (Wildman–Crippen LogP) is 2.50. The Morgan fingerprint density at radius 3 is 2.94 bits per heavy atom. The van der Waals surface area contributed by atoms with Gasteiger partial charge < -0.3 is 10.4 Å². The molecule has 1 atom stereocenters. The van der Waals surface area contributed by atoms with E-state index in [2.05, 4.69) is 21.2 Å². The molecule has 1 aliphatic heterocycles. The SMILES string of the molecule is O=C(O)CC1(c2cccc(Br)c2)CCCN1. The molecule has 2 rings (SSSR count). The predicted molar refractivity (Wildman–Crippen MR) is 65.3 cm³/mol. The Kier molecular flexibility index (Phi) is 3.30. The van der Waals surface area contributed by atoms with Gasteiger partial charge in [-0.05, 0) is 37.1 Å². The molecule has 86 valence electrons. The molecule has 1 aliphatic rings. The Labute approximate surface area is 103 Å². The molecule has 1 aromatic rings. The van der Waals surface area contributed by atoms with Crippen LogP contribution >= 0.6 is 15.9 Å². The summed E-state index contributed by atoms with van der Waals surface area (Å²) in [7, 11) is 0. The zero-order valence-corrected chi connectivity index (χ0v) is 10.5. The Balaban J connectivity index is 2.35. The van der Waals surface area contributed by atoms with Crippen LogP contribution in [0.1, 0.15) is 24.8 Å². The van der Waals surface area contributed by atoms with E-state index in [-0.39, 0.29) is 12.0 Å². The van der Waals surface area contributed by atoms with Gasteiger partial charge in [-0.25, -0.2) is 0 Å². The van der Waals surface area contributed by atoms with Gasteiger partial charge >= 0.3 is 5.97 Å². The molecule has 0 radical (unpaired) electrons. The molecule has 1 unspecified atom stereocenters. The number of carboxylic acids is 1. The van der Waals surface area contributed by atoms with Gasteiger partial charge in [-0.1, -0.05) is 28.1 Å². The third kappa shape index (κ3) is 2.28. The molecule has 0 saturated carbocycles. The number of hydrogen-bond donors (Lipinski definition) is 2. The lowest BCUT2D eigenvalue weighted by atomic mass is 9.85. The number of rotatable bonds is 3. The van der Waals surface area contributed by atoms with E-state index < -0.39 is 5.97 Å². The van der Waals surface area contributed by atoms with Crippen molar-refractivity contribution >= 4 is 21.9 Å². The van der Waals surface area contributed by atoms with Crippen LogP contribution < -0.4 is 5.32 Å². The number of hydrogen-bond acceptors (Lipinski definition) is 2. The largest absolute Gasteiger partial charge is 0.481 e. The number of aliphatic carboxylic acids is 1. The highest BCUT2D eigenvalue weighted by molar-refractivity contribution is 9.10. The zero-order valence-electron chi connectivity index (χ0n) is 8.87. The first-order valence-electron chi connectivity index (χ1n) is 5.35. The molecular weight excluding hydrogens is 270 g/mol. The van der Waals surface area contributed by atoms with Gasteiger partial charge in [-0.3, -0.25) is 4.79 Å². The first kappa shape index (κ1) is 11.6. The van der Waals surface area contributed by atoms with Gasteiger partial charge in [0.2, 0.25) is 0 Å². The van der Waals surface area contributed by atoms with Crippen LogP contribution in [-0.2, 0) is 10.3 Å². The smallest absolute Gasteiger partial charge is 0.305 e. The molecule has 1 aromatic carbocycles. The highest BCUT2D eigenvalue weighted by Crippen LogP contribution is 2.35. The van der Waals surface area contributed by atoms with Crippen LogP contribution in [0.15, 0.2) is 28.7 Å². The Bertz CT molecular complexity index is 400. The van der Waals surface area contributed by atoms with Crippen molar-refractivity contribution in [3.8, 4) is 0 Å². The second-order valence-electron chi connectivity index (χ2n) is 4.19. The molecule has 4 heteroatoms. The number of nitrogens with one attached hydrogen (secondary N) is 1. The molecule has 3 nitrogen and oxygen atoms in total. The summed E-state index contributed by atoms with van der Waals surface area (Å²) in [6.07, 6.45) is 2.05. The van der Waals surface area contributed by atoms with E-state index in [9.17, 15) is 4.79 Å². The van der Waals surface area contributed by atoms with Crippen LogP contribution in [0.25, 0.3) is 0 Å². The van der Waals surface area contributed by atoms with E-state index in [1.807, 2.05) is 24.3 Å². The molecule has 0 aromatic heterocycles. The molecule has 1 heterocycles. The van der Waals surface area contributed by atoms with Gasteiger partial charge in [-0.2, -0.15) is 0 Å². The summed E-state index contributed by atoms with van der Waals surface area (Å²) in [6.45, 7) is 0.889. The molecule has 1 fully saturated rings. The van der Waals surface area contributed by atoms with E-state index in [4.69, 9.17) is 5.11 Å². The molecule has 0 bridgehead atoms. The van der Waals surface area contributed by atoms with Gasteiger partial charge in [0.1, 0.15) is 0 Å². The highest BCUT2D eigenvalue weighted by Gasteiger charge is 2.37. The maximum Gasteiger partial charge on any atom is 0.305 e. The summed E-state index contributed by atoms with van der Waals surface area (Å²) in [4.78, 5) is 11.0. The standard InChI is InChI=1S/C12H14BrNO2/c13-10-4-1-3-9(7-10)12(8-11(15)16)5-2-6-14-12/h1,3-4,7,14H,2,5-6,8H2,(H,15,16).